The highest BCUT2D eigenvalue weighted by Crippen LogP contribution is 2.29. The van der Waals surface area contributed by atoms with Crippen LogP contribution in [0.4, 0.5) is 0 Å². The minimum atomic E-state index is 0.273. The average molecular weight is 266 g/mol. The molecule has 0 aromatic carbocycles. The minimum Gasteiger partial charge on any atom is -0.271 e. The van der Waals surface area contributed by atoms with Gasteiger partial charge in [0, 0.05) is 14.6 Å². The molecular weight excluding hydrogens is 248 g/mol. The van der Waals surface area contributed by atoms with E-state index in [1.54, 1.807) is 0 Å². The summed E-state index contributed by atoms with van der Waals surface area (Å²) < 4.78 is 0. The Morgan fingerprint density at radius 3 is 2.76 bits per heavy atom. The number of hydrogen-bond donors (Lipinski definition) is 2. The molecule has 2 aromatic heterocycles. The Morgan fingerprint density at radius 2 is 2.24 bits per heavy atom. The van der Waals surface area contributed by atoms with Crippen LogP contribution in [-0.4, -0.2) is 0 Å². The van der Waals surface area contributed by atoms with Crippen molar-refractivity contribution in [3.05, 3.63) is 43.8 Å². The van der Waals surface area contributed by atoms with Crippen LogP contribution in [-0.2, 0) is 6.42 Å². The summed E-state index contributed by atoms with van der Waals surface area (Å²) in [6.45, 7) is 4.32. The molecule has 17 heavy (non-hydrogen) atoms. The van der Waals surface area contributed by atoms with E-state index in [9.17, 15) is 0 Å². The lowest BCUT2D eigenvalue weighted by molar-refractivity contribution is 0.526. The Hall–Kier alpha value is -0.680. The Bertz CT molecular complexity index is 440. The number of hydrazine groups is 1. The molecule has 2 aromatic rings. The van der Waals surface area contributed by atoms with E-state index >= 15 is 0 Å². The number of nitrogens with two attached hydrogens (primary N) is 1. The minimum absolute atomic E-state index is 0.273. The lowest BCUT2D eigenvalue weighted by Gasteiger charge is -2.13. The molecular formula is C13H18N2S2. The highest BCUT2D eigenvalue weighted by molar-refractivity contribution is 7.12. The average Bonchev–Trinajstić information content (AvgIpc) is 2.91. The third-order valence-electron chi connectivity index (χ3n) is 2.99. The summed E-state index contributed by atoms with van der Waals surface area (Å²) in [6, 6.07) is 6.81. The molecule has 0 saturated carbocycles. The molecule has 2 rings (SSSR count). The number of hydrogen-bond acceptors (Lipinski definition) is 4. The lowest BCUT2D eigenvalue weighted by atomic mass is 10.1. The second-order valence-corrected chi connectivity index (χ2v) is 6.55. The summed E-state index contributed by atoms with van der Waals surface area (Å²) in [7, 11) is 0. The first-order chi connectivity index (χ1) is 8.20. The molecule has 0 radical (unpaired) electrons. The van der Waals surface area contributed by atoms with E-state index in [1.807, 2.05) is 22.7 Å². The Kier molecular flexibility index (Phi) is 4.34. The Morgan fingerprint density at radius 1 is 1.41 bits per heavy atom. The summed E-state index contributed by atoms with van der Waals surface area (Å²) in [5.74, 6) is 5.66. The van der Waals surface area contributed by atoms with Gasteiger partial charge in [0.25, 0.3) is 0 Å². The van der Waals surface area contributed by atoms with Gasteiger partial charge < -0.3 is 0 Å². The Labute approximate surface area is 110 Å². The van der Waals surface area contributed by atoms with Crippen molar-refractivity contribution in [3.8, 4) is 0 Å². The van der Waals surface area contributed by atoms with Gasteiger partial charge in [0.15, 0.2) is 0 Å². The van der Waals surface area contributed by atoms with Crippen LogP contribution in [0.1, 0.15) is 32.7 Å². The molecule has 0 aliphatic rings. The van der Waals surface area contributed by atoms with E-state index in [-0.39, 0.29) is 6.04 Å². The number of rotatable bonds is 5. The standard InChI is InChI=1S/C13H18N2S2/c1-9-8-13(17-10(9)2)12(15-14)6-5-11-4-3-7-16-11/h3-4,7-8,12,15H,5-6,14H2,1-2H3. The van der Waals surface area contributed by atoms with Crippen LogP contribution in [0.25, 0.3) is 0 Å². The first kappa shape index (κ1) is 12.8. The first-order valence-corrected chi connectivity index (χ1v) is 7.45. The van der Waals surface area contributed by atoms with Gasteiger partial charge in [-0.3, -0.25) is 11.3 Å². The maximum atomic E-state index is 5.66. The second-order valence-electron chi connectivity index (χ2n) is 4.23. The maximum absolute atomic E-state index is 5.66. The van der Waals surface area contributed by atoms with Gasteiger partial charge in [0.2, 0.25) is 0 Å². The van der Waals surface area contributed by atoms with Crippen molar-refractivity contribution in [2.24, 2.45) is 5.84 Å². The van der Waals surface area contributed by atoms with E-state index in [1.165, 1.54) is 20.2 Å². The van der Waals surface area contributed by atoms with E-state index < -0.39 is 0 Å². The molecule has 0 aliphatic carbocycles. The van der Waals surface area contributed by atoms with Gasteiger partial charge in [-0.2, -0.15) is 0 Å². The predicted molar refractivity (Wildman–Crippen MR) is 76.5 cm³/mol. The zero-order chi connectivity index (χ0) is 12.3. The van der Waals surface area contributed by atoms with Crippen LogP contribution in [0.5, 0.6) is 0 Å². The van der Waals surface area contributed by atoms with Gasteiger partial charge in [-0.25, -0.2) is 0 Å². The molecule has 92 valence electrons. The van der Waals surface area contributed by atoms with E-state index in [0.717, 1.165) is 12.8 Å². The Balaban J connectivity index is 2.01. The SMILES string of the molecule is Cc1cc(C(CCc2cccs2)NN)sc1C. The second kappa shape index (κ2) is 5.78. The van der Waals surface area contributed by atoms with Crippen LogP contribution in [0.15, 0.2) is 23.6 Å². The maximum Gasteiger partial charge on any atom is 0.0556 e. The molecule has 4 heteroatoms. The van der Waals surface area contributed by atoms with Crippen molar-refractivity contribution in [2.75, 3.05) is 0 Å². The molecule has 0 fully saturated rings. The summed E-state index contributed by atoms with van der Waals surface area (Å²) in [5.41, 5.74) is 4.30. The highest BCUT2D eigenvalue weighted by atomic mass is 32.1. The first-order valence-electron chi connectivity index (χ1n) is 5.76. The predicted octanol–water partition coefficient (Wildman–Crippen LogP) is 3.56. The largest absolute Gasteiger partial charge is 0.271 e. The molecule has 0 saturated heterocycles. The fourth-order valence-electron chi connectivity index (χ4n) is 1.82. The molecule has 0 bridgehead atoms. The van der Waals surface area contributed by atoms with Gasteiger partial charge in [-0.05, 0) is 49.8 Å². The van der Waals surface area contributed by atoms with Crippen LogP contribution in [0.2, 0.25) is 0 Å². The van der Waals surface area contributed by atoms with Gasteiger partial charge in [-0.1, -0.05) is 6.07 Å². The van der Waals surface area contributed by atoms with Crippen molar-refractivity contribution in [2.45, 2.75) is 32.7 Å². The van der Waals surface area contributed by atoms with Crippen molar-refractivity contribution in [3.63, 3.8) is 0 Å². The smallest absolute Gasteiger partial charge is 0.0556 e. The highest BCUT2D eigenvalue weighted by Gasteiger charge is 2.13. The van der Waals surface area contributed by atoms with Crippen LogP contribution < -0.4 is 11.3 Å². The summed E-state index contributed by atoms with van der Waals surface area (Å²) >= 11 is 3.66. The molecule has 1 atom stereocenters. The summed E-state index contributed by atoms with van der Waals surface area (Å²) in [5, 5.41) is 2.12. The van der Waals surface area contributed by atoms with E-state index in [2.05, 4.69) is 42.9 Å². The van der Waals surface area contributed by atoms with Gasteiger partial charge in [-0.15, -0.1) is 22.7 Å². The van der Waals surface area contributed by atoms with E-state index in [4.69, 9.17) is 5.84 Å². The molecule has 0 amide bonds. The molecule has 2 nitrogen and oxygen atoms in total. The monoisotopic (exact) mass is 266 g/mol. The zero-order valence-electron chi connectivity index (χ0n) is 10.2. The quantitative estimate of drug-likeness (QED) is 0.641. The molecule has 0 spiro atoms. The molecule has 1 unspecified atom stereocenters. The van der Waals surface area contributed by atoms with Crippen molar-refractivity contribution >= 4 is 22.7 Å². The molecule has 0 aliphatic heterocycles. The van der Waals surface area contributed by atoms with Gasteiger partial charge in [0.1, 0.15) is 0 Å². The molecule has 2 heterocycles. The fraction of sp³-hybridized carbons (Fsp3) is 0.385. The molecule has 3 N–H and O–H groups in total. The van der Waals surface area contributed by atoms with Crippen LogP contribution in [0.3, 0.4) is 0 Å². The van der Waals surface area contributed by atoms with Crippen molar-refractivity contribution < 1.29 is 0 Å². The number of thiophene rings is 2. The van der Waals surface area contributed by atoms with Gasteiger partial charge in [0.05, 0.1) is 6.04 Å². The van der Waals surface area contributed by atoms with Gasteiger partial charge >= 0.3 is 0 Å². The fourth-order valence-corrected chi connectivity index (χ4v) is 3.68. The van der Waals surface area contributed by atoms with Crippen molar-refractivity contribution in [1.29, 1.82) is 0 Å². The van der Waals surface area contributed by atoms with E-state index in [0.29, 0.717) is 0 Å². The third-order valence-corrected chi connectivity index (χ3v) is 5.19. The zero-order valence-corrected chi connectivity index (χ0v) is 11.8. The lowest BCUT2D eigenvalue weighted by Crippen LogP contribution is -2.27. The summed E-state index contributed by atoms with van der Waals surface area (Å²) in [4.78, 5) is 4.16. The third kappa shape index (κ3) is 3.16. The topological polar surface area (TPSA) is 38.0 Å². The normalized spacial score (nSPS) is 12.9. The van der Waals surface area contributed by atoms with Crippen molar-refractivity contribution in [1.82, 2.24) is 5.43 Å². The number of nitrogens with one attached hydrogen (secondary N) is 1. The number of aryl methyl sites for hydroxylation is 3. The van der Waals surface area contributed by atoms with Crippen LogP contribution in [0, 0.1) is 13.8 Å². The summed E-state index contributed by atoms with van der Waals surface area (Å²) in [6.07, 6.45) is 2.14. The van der Waals surface area contributed by atoms with Crippen LogP contribution >= 0.6 is 22.7 Å².